The lowest BCUT2D eigenvalue weighted by Crippen LogP contribution is -2.35. The molecule has 4 heteroatoms. The van der Waals surface area contributed by atoms with E-state index in [1.807, 2.05) is 24.3 Å². The lowest BCUT2D eigenvalue weighted by Gasteiger charge is -2.27. The normalized spacial score (nSPS) is 17.2. The molecule has 2 aromatic rings. The quantitative estimate of drug-likeness (QED) is 0.676. The number of fused-ring (bicyclic) bond motifs is 1. The van der Waals surface area contributed by atoms with Gasteiger partial charge in [0.1, 0.15) is 19.3 Å². The molecular formula is C22H27NO3. The largest absolute Gasteiger partial charge is 0.487 e. The average Bonchev–Trinajstić information content (AvgIpc) is 2.69. The number of aryl methyl sites for hydroxylation is 1. The third-order valence-electron chi connectivity index (χ3n) is 4.61. The van der Waals surface area contributed by atoms with Gasteiger partial charge in [-0.15, -0.1) is 0 Å². The zero-order chi connectivity index (χ0) is 18.2. The molecule has 2 N–H and O–H groups in total. The van der Waals surface area contributed by atoms with E-state index in [4.69, 9.17) is 9.47 Å². The van der Waals surface area contributed by atoms with E-state index in [1.54, 1.807) is 6.08 Å². The number of hydrogen-bond acceptors (Lipinski definition) is 4. The summed E-state index contributed by atoms with van der Waals surface area (Å²) in [6.07, 6.45) is 4.52. The molecule has 3 rings (SSSR count). The molecule has 0 spiro atoms. The maximum Gasteiger partial charge on any atom is 0.161 e. The summed E-state index contributed by atoms with van der Waals surface area (Å²) in [7, 11) is 0. The Labute approximate surface area is 155 Å². The molecule has 0 fully saturated rings. The van der Waals surface area contributed by atoms with Crippen molar-refractivity contribution in [3.05, 3.63) is 72.3 Å². The predicted molar refractivity (Wildman–Crippen MR) is 104 cm³/mol. The average molecular weight is 353 g/mol. The van der Waals surface area contributed by atoms with Crippen LogP contribution >= 0.6 is 0 Å². The van der Waals surface area contributed by atoms with Gasteiger partial charge in [-0.1, -0.05) is 49.1 Å². The highest BCUT2D eigenvalue weighted by molar-refractivity contribution is 5.39. The molecule has 0 amide bonds. The number of aliphatic hydroxyl groups excluding tert-OH is 1. The highest BCUT2D eigenvalue weighted by Gasteiger charge is 2.20. The summed E-state index contributed by atoms with van der Waals surface area (Å²) in [5, 5.41) is 13.8. The molecule has 2 aromatic carbocycles. The monoisotopic (exact) mass is 353 g/mol. The summed E-state index contributed by atoms with van der Waals surface area (Å²) >= 11 is 0. The Bertz CT molecular complexity index is 716. The molecule has 0 aliphatic heterocycles. The number of para-hydroxylation sites is 2. The minimum absolute atomic E-state index is 0.218. The fourth-order valence-electron chi connectivity index (χ4n) is 3.33. The third-order valence-corrected chi connectivity index (χ3v) is 4.61. The Morgan fingerprint density at radius 2 is 1.85 bits per heavy atom. The second-order valence-electron chi connectivity index (χ2n) is 6.56. The molecule has 138 valence electrons. The zero-order valence-corrected chi connectivity index (χ0v) is 15.1. The minimum Gasteiger partial charge on any atom is -0.487 e. The summed E-state index contributed by atoms with van der Waals surface area (Å²) in [6.45, 7) is 4.79. The van der Waals surface area contributed by atoms with Gasteiger partial charge in [-0.25, -0.2) is 0 Å². The molecule has 0 heterocycles. The van der Waals surface area contributed by atoms with Gasteiger partial charge in [0.05, 0.1) is 0 Å². The van der Waals surface area contributed by atoms with E-state index < -0.39 is 6.10 Å². The SMILES string of the molecule is C=CCOc1ccccc1OCC(O)CNC1CCCc2ccccc21. The van der Waals surface area contributed by atoms with Gasteiger partial charge in [0.15, 0.2) is 11.5 Å². The molecule has 4 nitrogen and oxygen atoms in total. The van der Waals surface area contributed by atoms with Crippen LogP contribution in [0.1, 0.15) is 30.0 Å². The molecule has 1 aliphatic rings. The third kappa shape index (κ3) is 4.87. The number of benzene rings is 2. The first kappa shape index (κ1) is 18.5. The smallest absolute Gasteiger partial charge is 0.161 e. The predicted octanol–water partition coefficient (Wildman–Crippen LogP) is 3.66. The van der Waals surface area contributed by atoms with E-state index in [0.29, 0.717) is 30.7 Å². The second-order valence-corrected chi connectivity index (χ2v) is 6.56. The molecule has 0 aromatic heterocycles. The summed E-state index contributed by atoms with van der Waals surface area (Å²) < 4.78 is 11.3. The van der Waals surface area contributed by atoms with E-state index in [0.717, 1.165) is 12.8 Å². The van der Waals surface area contributed by atoms with Crippen molar-refractivity contribution >= 4 is 0 Å². The molecule has 26 heavy (non-hydrogen) atoms. The highest BCUT2D eigenvalue weighted by Crippen LogP contribution is 2.29. The van der Waals surface area contributed by atoms with Crippen LogP contribution in [0.25, 0.3) is 0 Å². The first-order valence-corrected chi connectivity index (χ1v) is 9.22. The van der Waals surface area contributed by atoms with Crippen molar-refractivity contribution in [1.82, 2.24) is 5.32 Å². The van der Waals surface area contributed by atoms with Crippen molar-refractivity contribution < 1.29 is 14.6 Å². The summed E-state index contributed by atoms with van der Waals surface area (Å²) in [5.74, 6) is 1.30. The van der Waals surface area contributed by atoms with E-state index in [9.17, 15) is 5.11 Å². The van der Waals surface area contributed by atoms with Crippen molar-refractivity contribution in [3.63, 3.8) is 0 Å². The van der Waals surface area contributed by atoms with Crippen molar-refractivity contribution in [1.29, 1.82) is 0 Å². The summed E-state index contributed by atoms with van der Waals surface area (Å²) in [5.41, 5.74) is 2.77. The van der Waals surface area contributed by atoms with E-state index in [2.05, 4.69) is 36.2 Å². The molecule has 0 radical (unpaired) electrons. The summed E-state index contributed by atoms with van der Waals surface area (Å²) in [4.78, 5) is 0. The van der Waals surface area contributed by atoms with Gasteiger partial charge in [-0.3, -0.25) is 0 Å². The van der Waals surface area contributed by atoms with Gasteiger partial charge in [0.2, 0.25) is 0 Å². The zero-order valence-electron chi connectivity index (χ0n) is 15.1. The van der Waals surface area contributed by atoms with Crippen LogP contribution in [0, 0.1) is 0 Å². The van der Waals surface area contributed by atoms with Crippen LogP contribution < -0.4 is 14.8 Å². The van der Waals surface area contributed by atoms with Crippen molar-refractivity contribution in [3.8, 4) is 11.5 Å². The fourth-order valence-corrected chi connectivity index (χ4v) is 3.33. The Morgan fingerprint density at radius 1 is 1.12 bits per heavy atom. The molecule has 2 atom stereocenters. The van der Waals surface area contributed by atoms with Crippen LogP contribution in [0.15, 0.2) is 61.2 Å². The standard InChI is InChI=1S/C22H27NO3/c1-2-14-25-21-12-5-6-13-22(21)26-16-18(24)15-23-20-11-7-9-17-8-3-4-10-19(17)20/h2-6,8,10,12-13,18,20,23-24H,1,7,9,11,14-16H2. The van der Waals surface area contributed by atoms with Crippen LogP contribution in [-0.2, 0) is 6.42 Å². The molecule has 0 saturated carbocycles. The molecule has 0 saturated heterocycles. The van der Waals surface area contributed by atoms with Crippen molar-refractivity contribution in [2.24, 2.45) is 0 Å². The fraction of sp³-hybridized carbons (Fsp3) is 0.364. The first-order chi connectivity index (χ1) is 12.8. The van der Waals surface area contributed by atoms with Crippen molar-refractivity contribution in [2.45, 2.75) is 31.4 Å². The number of aliphatic hydroxyl groups is 1. The number of nitrogens with one attached hydrogen (secondary N) is 1. The Balaban J connectivity index is 1.50. The summed E-state index contributed by atoms with van der Waals surface area (Å²) in [6, 6.07) is 16.3. The van der Waals surface area contributed by atoms with Crippen LogP contribution in [-0.4, -0.2) is 31.0 Å². The number of rotatable bonds is 9. The highest BCUT2D eigenvalue weighted by atomic mass is 16.5. The van der Waals surface area contributed by atoms with Gasteiger partial charge < -0.3 is 19.9 Å². The Kier molecular flexibility index (Phi) is 6.69. The van der Waals surface area contributed by atoms with Crippen LogP contribution in [0.5, 0.6) is 11.5 Å². The Morgan fingerprint density at radius 3 is 2.65 bits per heavy atom. The van der Waals surface area contributed by atoms with Crippen LogP contribution in [0.3, 0.4) is 0 Å². The van der Waals surface area contributed by atoms with Crippen molar-refractivity contribution in [2.75, 3.05) is 19.8 Å². The maximum atomic E-state index is 10.3. The van der Waals surface area contributed by atoms with Gasteiger partial charge in [-0.05, 0) is 42.5 Å². The number of hydrogen-bond donors (Lipinski definition) is 2. The lowest BCUT2D eigenvalue weighted by atomic mass is 9.88. The topological polar surface area (TPSA) is 50.7 Å². The molecule has 0 bridgehead atoms. The van der Waals surface area contributed by atoms with Gasteiger partial charge in [0, 0.05) is 12.6 Å². The number of ether oxygens (including phenoxy) is 2. The minimum atomic E-state index is -0.587. The first-order valence-electron chi connectivity index (χ1n) is 9.22. The van der Waals surface area contributed by atoms with E-state index in [1.165, 1.54) is 17.5 Å². The van der Waals surface area contributed by atoms with Gasteiger partial charge in [-0.2, -0.15) is 0 Å². The second kappa shape index (κ2) is 9.41. The Hall–Kier alpha value is -2.30. The van der Waals surface area contributed by atoms with Crippen LogP contribution in [0.2, 0.25) is 0 Å². The van der Waals surface area contributed by atoms with E-state index >= 15 is 0 Å². The maximum absolute atomic E-state index is 10.3. The van der Waals surface area contributed by atoms with Crippen LogP contribution in [0.4, 0.5) is 0 Å². The molecule has 2 unspecified atom stereocenters. The molecule has 1 aliphatic carbocycles. The van der Waals surface area contributed by atoms with E-state index in [-0.39, 0.29) is 6.61 Å². The van der Waals surface area contributed by atoms with Gasteiger partial charge in [0.25, 0.3) is 0 Å². The van der Waals surface area contributed by atoms with Gasteiger partial charge >= 0.3 is 0 Å². The lowest BCUT2D eigenvalue weighted by molar-refractivity contribution is 0.101. The molecular weight excluding hydrogens is 326 g/mol.